The number of rotatable bonds is 4. The van der Waals surface area contributed by atoms with Crippen molar-refractivity contribution in [3.8, 4) is 5.75 Å². The first kappa shape index (κ1) is 18.7. The van der Waals surface area contributed by atoms with Gasteiger partial charge in [0, 0.05) is 11.3 Å². The smallest absolute Gasteiger partial charge is 0.265 e. The second-order valence-electron chi connectivity index (χ2n) is 7.20. The number of anilines is 2. The number of benzene rings is 3. The third-order valence-electron chi connectivity index (χ3n) is 5.03. The van der Waals surface area contributed by atoms with E-state index in [2.05, 4.69) is 5.32 Å². The molecule has 0 radical (unpaired) electrons. The van der Waals surface area contributed by atoms with Gasteiger partial charge in [0.1, 0.15) is 5.75 Å². The number of amides is 2. The molecule has 0 bridgehead atoms. The van der Waals surface area contributed by atoms with Crippen molar-refractivity contribution in [2.75, 3.05) is 16.8 Å². The van der Waals surface area contributed by atoms with Crippen LogP contribution in [0.15, 0.2) is 66.7 Å². The molecule has 3 aromatic rings. The molecular formula is C24H22N2O3. The average Bonchev–Trinajstić information content (AvgIpc) is 2.71. The number of nitrogens with one attached hydrogen (secondary N) is 1. The molecule has 1 N–H and O–H groups in total. The van der Waals surface area contributed by atoms with Gasteiger partial charge in [-0.25, -0.2) is 0 Å². The molecule has 0 fully saturated rings. The van der Waals surface area contributed by atoms with E-state index in [0.717, 1.165) is 16.7 Å². The summed E-state index contributed by atoms with van der Waals surface area (Å²) in [6.45, 7) is 4.44. The lowest BCUT2D eigenvalue weighted by atomic mass is 10.1. The summed E-state index contributed by atoms with van der Waals surface area (Å²) in [5.41, 5.74) is 5.08. The molecule has 5 heteroatoms. The molecule has 0 saturated carbocycles. The van der Waals surface area contributed by atoms with Crippen molar-refractivity contribution in [1.29, 1.82) is 0 Å². The van der Waals surface area contributed by atoms with Gasteiger partial charge in [0.15, 0.2) is 6.61 Å². The van der Waals surface area contributed by atoms with Gasteiger partial charge in [-0.05, 0) is 55.3 Å². The maximum absolute atomic E-state index is 12.6. The second kappa shape index (κ2) is 7.80. The molecule has 2 amide bonds. The molecule has 5 nitrogen and oxygen atoms in total. The first-order chi connectivity index (χ1) is 14.0. The number of nitrogens with zero attached hydrogens (tertiary/aromatic N) is 1. The summed E-state index contributed by atoms with van der Waals surface area (Å²) in [5, 5.41) is 2.91. The first-order valence-corrected chi connectivity index (χ1v) is 9.51. The SMILES string of the molecule is Cc1cccc(C(=O)Nc2ccc3c(c2)N(Cc2ccccc2C)C(=O)CO3)c1. The minimum Gasteiger partial charge on any atom is -0.482 e. The summed E-state index contributed by atoms with van der Waals surface area (Å²) in [4.78, 5) is 26.9. The van der Waals surface area contributed by atoms with E-state index in [0.29, 0.717) is 29.2 Å². The molecule has 29 heavy (non-hydrogen) atoms. The predicted molar refractivity (Wildman–Crippen MR) is 113 cm³/mol. The van der Waals surface area contributed by atoms with Crippen molar-refractivity contribution in [1.82, 2.24) is 0 Å². The van der Waals surface area contributed by atoms with Gasteiger partial charge < -0.3 is 15.0 Å². The Balaban J connectivity index is 1.62. The number of ether oxygens (including phenoxy) is 1. The number of hydrogen-bond acceptors (Lipinski definition) is 3. The van der Waals surface area contributed by atoms with Crippen LogP contribution < -0.4 is 15.0 Å². The van der Waals surface area contributed by atoms with Gasteiger partial charge in [-0.1, -0.05) is 42.0 Å². The van der Waals surface area contributed by atoms with Gasteiger partial charge in [0.2, 0.25) is 0 Å². The van der Waals surface area contributed by atoms with Gasteiger partial charge in [-0.3, -0.25) is 9.59 Å². The molecule has 3 aromatic carbocycles. The Kier molecular flexibility index (Phi) is 5.04. The van der Waals surface area contributed by atoms with E-state index in [-0.39, 0.29) is 18.4 Å². The third-order valence-corrected chi connectivity index (χ3v) is 5.03. The Hall–Kier alpha value is -3.60. The fourth-order valence-corrected chi connectivity index (χ4v) is 3.40. The van der Waals surface area contributed by atoms with E-state index in [1.54, 1.807) is 29.2 Å². The van der Waals surface area contributed by atoms with Crippen LogP contribution >= 0.6 is 0 Å². The van der Waals surface area contributed by atoms with E-state index >= 15 is 0 Å². The summed E-state index contributed by atoms with van der Waals surface area (Å²) in [7, 11) is 0. The largest absolute Gasteiger partial charge is 0.482 e. The Morgan fingerprint density at radius 3 is 2.66 bits per heavy atom. The molecule has 4 rings (SSSR count). The lowest BCUT2D eigenvalue weighted by Crippen LogP contribution is -2.38. The van der Waals surface area contributed by atoms with Gasteiger partial charge in [-0.2, -0.15) is 0 Å². The summed E-state index contributed by atoms with van der Waals surface area (Å²) < 4.78 is 5.59. The van der Waals surface area contributed by atoms with E-state index in [9.17, 15) is 9.59 Å². The van der Waals surface area contributed by atoms with Crippen LogP contribution in [-0.2, 0) is 11.3 Å². The van der Waals surface area contributed by atoms with Gasteiger partial charge in [0.05, 0.1) is 12.2 Å². The van der Waals surface area contributed by atoms with E-state index in [1.165, 1.54) is 0 Å². The van der Waals surface area contributed by atoms with Crippen molar-refractivity contribution < 1.29 is 14.3 Å². The second-order valence-corrected chi connectivity index (χ2v) is 7.20. The quantitative estimate of drug-likeness (QED) is 0.719. The fourth-order valence-electron chi connectivity index (χ4n) is 3.40. The van der Waals surface area contributed by atoms with Crippen molar-refractivity contribution in [2.24, 2.45) is 0 Å². The third kappa shape index (κ3) is 3.99. The highest BCUT2D eigenvalue weighted by atomic mass is 16.5. The highest BCUT2D eigenvalue weighted by molar-refractivity contribution is 6.05. The average molecular weight is 386 g/mol. The summed E-state index contributed by atoms with van der Waals surface area (Å²) in [6.07, 6.45) is 0. The molecule has 0 saturated heterocycles. The number of carbonyl (C=O) groups is 2. The van der Waals surface area contributed by atoms with Crippen LogP contribution in [0.3, 0.4) is 0 Å². The topological polar surface area (TPSA) is 58.6 Å². The van der Waals surface area contributed by atoms with Crippen LogP contribution in [0, 0.1) is 13.8 Å². The summed E-state index contributed by atoms with van der Waals surface area (Å²) in [6, 6.07) is 20.8. The molecule has 0 aliphatic carbocycles. The maximum atomic E-state index is 12.6. The molecule has 0 atom stereocenters. The van der Waals surface area contributed by atoms with Crippen LogP contribution in [-0.4, -0.2) is 18.4 Å². The summed E-state index contributed by atoms with van der Waals surface area (Å²) in [5.74, 6) is 0.330. The highest BCUT2D eigenvalue weighted by Crippen LogP contribution is 2.36. The van der Waals surface area contributed by atoms with Crippen LogP contribution in [0.25, 0.3) is 0 Å². The van der Waals surface area contributed by atoms with E-state index < -0.39 is 0 Å². The number of aryl methyl sites for hydroxylation is 2. The molecule has 146 valence electrons. The molecule has 1 aliphatic heterocycles. The first-order valence-electron chi connectivity index (χ1n) is 9.51. The normalized spacial score (nSPS) is 12.9. The standard InChI is InChI=1S/C24H22N2O3/c1-16-6-5-9-18(12-16)24(28)25-20-10-11-22-21(13-20)26(23(27)15-29-22)14-19-8-4-3-7-17(19)2/h3-13H,14-15H2,1-2H3,(H,25,28). The zero-order valence-corrected chi connectivity index (χ0v) is 16.4. The van der Waals surface area contributed by atoms with Crippen molar-refractivity contribution in [2.45, 2.75) is 20.4 Å². The highest BCUT2D eigenvalue weighted by Gasteiger charge is 2.26. The fraction of sp³-hybridized carbons (Fsp3) is 0.167. The number of carbonyl (C=O) groups excluding carboxylic acids is 2. The molecule has 0 aromatic heterocycles. The monoisotopic (exact) mass is 386 g/mol. The lowest BCUT2D eigenvalue weighted by molar-refractivity contribution is -0.121. The Bertz CT molecular complexity index is 1090. The van der Waals surface area contributed by atoms with E-state index in [1.807, 2.05) is 56.3 Å². The minimum atomic E-state index is -0.192. The number of fused-ring (bicyclic) bond motifs is 1. The van der Waals surface area contributed by atoms with Gasteiger partial charge in [0.25, 0.3) is 11.8 Å². The minimum absolute atomic E-state index is 0.00782. The van der Waals surface area contributed by atoms with Crippen LogP contribution in [0.1, 0.15) is 27.0 Å². The van der Waals surface area contributed by atoms with Crippen molar-refractivity contribution in [3.63, 3.8) is 0 Å². The van der Waals surface area contributed by atoms with Crippen molar-refractivity contribution in [3.05, 3.63) is 89.0 Å². The van der Waals surface area contributed by atoms with Crippen molar-refractivity contribution >= 4 is 23.2 Å². The van der Waals surface area contributed by atoms with Crippen LogP contribution in [0.2, 0.25) is 0 Å². The molecule has 0 spiro atoms. The van der Waals surface area contributed by atoms with Gasteiger partial charge in [-0.15, -0.1) is 0 Å². The lowest BCUT2D eigenvalue weighted by Gasteiger charge is -2.30. The Morgan fingerprint density at radius 1 is 1.03 bits per heavy atom. The molecule has 0 unspecified atom stereocenters. The molecule has 1 heterocycles. The molecule has 1 aliphatic rings. The van der Waals surface area contributed by atoms with E-state index in [4.69, 9.17) is 4.74 Å². The zero-order valence-electron chi connectivity index (χ0n) is 16.4. The predicted octanol–water partition coefficient (Wildman–Crippen LogP) is 4.48. The maximum Gasteiger partial charge on any atom is 0.265 e. The summed E-state index contributed by atoms with van der Waals surface area (Å²) >= 11 is 0. The zero-order chi connectivity index (χ0) is 20.4. The van der Waals surface area contributed by atoms with Crippen LogP contribution in [0.4, 0.5) is 11.4 Å². The Morgan fingerprint density at radius 2 is 1.86 bits per heavy atom. The van der Waals surface area contributed by atoms with Crippen LogP contribution in [0.5, 0.6) is 5.75 Å². The molecular weight excluding hydrogens is 364 g/mol. The Labute approximate surface area is 169 Å². The van der Waals surface area contributed by atoms with Gasteiger partial charge >= 0.3 is 0 Å². The number of hydrogen-bond donors (Lipinski definition) is 1.